The van der Waals surface area contributed by atoms with Crippen LogP contribution in [0, 0.1) is 0 Å². The van der Waals surface area contributed by atoms with E-state index in [9.17, 15) is 18.0 Å². The Kier molecular flexibility index (Phi) is 6.25. The molecule has 0 aromatic carbocycles. The number of halogens is 4. The predicted octanol–water partition coefficient (Wildman–Crippen LogP) is 2.99. The van der Waals surface area contributed by atoms with Crippen LogP contribution in [0.3, 0.4) is 0 Å². The lowest BCUT2D eigenvalue weighted by Crippen LogP contribution is -2.19. The van der Waals surface area contributed by atoms with E-state index < -0.39 is 18.1 Å². The second-order valence-electron chi connectivity index (χ2n) is 3.75. The summed E-state index contributed by atoms with van der Waals surface area (Å²) >= 11 is 3.06. The fourth-order valence-electron chi connectivity index (χ4n) is 1.53. The van der Waals surface area contributed by atoms with Gasteiger partial charge in [-0.25, -0.2) is 4.98 Å². The number of esters is 1. The zero-order valence-corrected chi connectivity index (χ0v) is 12.9. The zero-order chi connectivity index (χ0) is 16.0. The van der Waals surface area contributed by atoms with Gasteiger partial charge in [-0.2, -0.15) is 0 Å². The average Bonchev–Trinajstić information content (AvgIpc) is 2.36. The molecule has 0 radical (unpaired) electrons. The van der Waals surface area contributed by atoms with Gasteiger partial charge < -0.3 is 14.2 Å². The van der Waals surface area contributed by atoms with E-state index in [-0.39, 0.29) is 35.5 Å². The fourth-order valence-corrected chi connectivity index (χ4v) is 2.13. The molecule has 1 aromatic heterocycles. The van der Waals surface area contributed by atoms with Gasteiger partial charge in [-0.1, -0.05) is 15.9 Å². The summed E-state index contributed by atoms with van der Waals surface area (Å²) in [5, 5.41) is 0.0319. The minimum absolute atomic E-state index is 0.0319. The Balaban J connectivity index is 3.21. The molecule has 0 saturated heterocycles. The van der Waals surface area contributed by atoms with Crippen molar-refractivity contribution in [3.63, 3.8) is 0 Å². The second-order valence-corrected chi connectivity index (χ2v) is 4.31. The maximum atomic E-state index is 12.4. The van der Waals surface area contributed by atoms with Crippen molar-refractivity contribution < 1.29 is 32.2 Å². The molecule has 0 amide bonds. The van der Waals surface area contributed by atoms with Crippen molar-refractivity contribution in [2.45, 2.75) is 25.0 Å². The summed E-state index contributed by atoms with van der Waals surface area (Å²) in [5.74, 6) is -1.15. The van der Waals surface area contributed by atoms with Crippen LogP contribution in [-0.4, -0.2) is 31.0 Å². The van der Waals surface area contributed by atoms with E-state index in [0.717, 1.165) is 6.07 Å². The molecular formula is C12H13BrF3NO4. The van der Waals surface area contributed by atoms with Gasteiger partial charge in [0.2, 0.25) is 5.88 Å². The number of hydrogen-bond donors (Lipinski definition) is 0. The molecule has 118 valence electrons. The van der Waals surface area contributed by atoms with Gasteiger partial charge in [0.1, 0.15) is 5.75 Å². The van der Waals surface area contributed by atoms with Gasteiger partial charge in [0, 0.05) is 17.0 Å². The highest BCUT2D eigenvalue weighted by Gasteiger charge is 2.33. The summed E-state index contributed by atoms with van der Waals surface area (Å²) < 4.78 is 50.8. The third-order valence-electron chi connectivity index (χ3n) is 2.33. The third kappa shape index (κ3) is 5.41. The number of aromatic nitrogens is 1. The number of rotatable bonds is 6. The molecule has 0 N–H and O–H groups in total. The molecule has 0 spiro atoms. The minimum atomic E-state index is -4.86. The van der Waals surface area contributed by atoms with Crippen LogP contribution in [0.1, 0.15) is 18.2 Å². The van der Waals surface area contributed by atoms with Crippen LogP contribution in [0.4, 0.5) is 13.2 Å². The Hall–Kier alpha value is -1.51. The van der Waals surface area contributed by atoms with E-state index in [1.54, 1.807) is 6.92 Å². The first-order valence-corrected chi connectivity index (χ1v) is 6.97. The van der Waals surface area contributed by atoms with Crippen LogP contribution < -0.4 is 9.47 Å². The Bertz CT molecular complexity index is 508. The summed E-state index contributed by atoms with van der Waals surface area (Å²) in [6.07, 6.45) is -5.13. The monoisotopic (exact) mass is 371 g/mol. The molecule has 1 rings (SSSR count). The minimum Gasteiger partial charge on any atom is -0.481 e. The molecule has 0 bridgehead atoms. The van der Waals surface area contributed by atoms with Crippen LogP contribution in [0.25, 0.3) is 0 Å². The van der Waals surface area contributed by atoms with E-state index in [2.05, 4.69) is 25.7 Å². The first-order chi connectivity index (χ1) is 9.80. The van der Waals surface area contributed by atoms with E-state index in [1.807, 2.05) is 0 Å². The summed E-state index contributed by atoms with van der Waals surface area (Å²) in [7, 11) is 1.25. The standard InChI is InChI=1S/C12H13BrF3NO4/c1-3-20-11(18)4-8-7(6-13)9(21-12(14,15)16)5-10(17-8)19-2/h5H,3-4,6H2,1-2H3. The van der Waals surface area contributed by atoms with E-state index in [1.165, 1.54) is 7.11 Å². The molecule has 0 aliphatic rings. The smallest absolute Gasteiger partial charge is 0.481 e. The Morgan fingerprint density at radius 1 is 1.43 bits per heavy atom. The van der Waals surface area contributed by atoms with Gasteiger partial charge in [-0.3, -0.25) is 4.79 Å². The molecular weight excluding hydrogens is 359 g/mol. The molecule has 1 heterocycles. The van der Waals surface area contributed by atoms with Crippen molar-refractivity contribution in [2.75, 3.05) is 13.7 Å². The lowest BCUT2D eigenvalue weighted by Gasteiger charge is -2.16. The first kappa shape index (κ1) is 17.5. The number of carbonyl (C=O) groups excluding carboxylic acids is 1. The number of methoxy groups -OCH3 is 1. The van der Waals surface area contributed by atoms with E-state index >= 15 is 0 Å². The maximum absolute atomic E-state index is 12.4. The largest absolute Gasteiger partial charge is 0.573 e. The Labute approximate surface area is 127 Å². The molecule has 5 nitrogen and oxygen atoms in total. The SMILES string of the molecule is CCOC(=O)Cc1nc(OC)cc(OC(F)(F)F)c1CBr. The maximum Gasteiger partial charge on any atom is 0.573 e. The predicted molar refractivity (Wildman–Crippen MR) is 70.4 cm³/mol. The average molecular weight is 372 g/mol. The molecule has 1 aromatic rings. The summed E-state index contributed by atoms with van der Waals surface area (Å²) in [6, 6.07) is 1.01. The van der Waals surface area contributed by atoms with Gasteiger partial charge in [0.25, 0.3) is 0 Å². The summed E-state index contributed by atoms with van der Waals surface area (Å²) in [5.41, 5.74) is 0.213. The van der Waals surface area contributed by atoms with Gasteiger partial charge in [-0.05, 0) is 6.92 Å². The molecule has 9 heteroatoms. The Morgan fingerprint density at radius 2 is 2.10 bits per heavy atom. The molecule has 21 heavy (non-hydrogen) atoms. The summed E-state index contributed by atoms with van der Waals surface area (Å²) in [6.45, 7) is 1.79. The van der Waals surface area contributed by atoms with E-state index in [4.69, 9.17) is 9.47 Å². The van der Waals surface area contributed by atoms with E-state index in [0.29, 0.717) is 0 Å². The number of nitrogens with zero attached hydrogens (tertiary/aromatic N) is 1. The fraction of sp³-hybridized carbons (Fsp3) is 0.500. The highest BCUT2D eigenvalue weighted by molar-refractivity contribution is 9.08. The lowest BCUT2D eigenvalue weighted by atomic mass is 10.1. The number of carbonyl (C=O) groups is 1. The third-order valence-corrected chi connectivity index (χ3v) is 2.89. The number of alkyl halides is 4. The number of pyridine rings is 1. The number of ether oxygens (including phenoxy) is 3. The molecule has 0 aliphatic heterocycles. The van der Waals surface area contributed by atoms with Crippen LogP contribution in [0.5, 0.6) is 11.6 Å². The topological polar surface area (TPSA) is 57.7 Å². The highest BCUT2D eigenvalue weighted by Crippen LogP contribution is 2.32. The normalized spacial score (nSPS) is 11.1. The summed E-state index contributed by atoms with van der Waals surface area (Å²) in [4.78, 5) is 15.5. The van der Waals surface area contributed by atoms with Gasteiger partial charge in [0.15, 0.2) is 0 Å². The highest BCUT2D eigenvalue weighted by atomic mass is 79.9. The van der Waals surface area contributed by atoms with Crippen molar-refractivity contribution in [1.82, 2.24) is 4.98 Å². The molecule has 0 saturated carbocycles. The van der Waals surface area contributed by atoms with Crippen molar-refractivity contribution in [3.05, 3.63) is 17.3 Å². The quantitative estimate of drug-likeness (QED) is 0.568. The van der Waals surface area contributed by atoms with Gasteiger partial charge in [0.05, 0.1) is 25.8 Å². The van der Waals surface area contributed by atoms with Crippen molar-refractivity contribution >= 4 is 21.9 Å². The van der Waals surface area contributed by atoms with Crippen molar-refractivity contribution in [1.29, 1.82) is 0 Å². The first-order valence-electron chi connectivity index (χ1n) is 5.84. The molecule has 0 unspecified atom stereocenters. The van der Waals surface area contributed by atoms with Crippen LogP contribution in [-0.2, 0) is 21.3 Å². The lowest BCUT2D eigenvalue weighted by molar-refractivity contribution is -0.274. The number of hydrogen-bond acceptors (Lipinski definition) is 5. The molecule has 0 aliphatic carbocycles. The van der Waals surface area contributed by atoms with Crippen molar-refractivity contribution in [2.24, 2.45) is 0 Å². The van der Waals surface area contributed by atoms with Crippen LogP contribution in [0.15, 0.2) is 6.07 Å². The molecule has 0 fully saturated rings. The molecule has 0 atom stereocenters. The zero-order valence-electron chi connectivity index (χ0n) is 11.3. The van der Waals surface area contributed by atoms with Crippen molar-refractivity contribution in [3.8, 4) is 11.6 Å². The van der Waals surface area contributed by atoms with Crippen LogP contribution >= 0.6 is 15.9 Å². The van der Waals surface area contributed by atoms with Crippen LogP contribution in [0.2, 0.25) is 0 Å². The Morgan fingerprint density at radius 3 is 2.57 bits per heavy atom. The van der Waals surface area contributed by atoms with Gasteiger partial charge >= 0.3 is 12.3 Å². The van der Waals surface area contributed by atoms with Gasteiger partial charge in [-0.15, -0.1) is 13.2 Å². The second kappa shape index (κ2) is 7.48.